The summed E-state index contributed by atoms with van der Waals surface area (Å²) < 4.78 is 7.98. The summed E-state index contributed by atoms with van der Waals surface area (Å²) in [7, 11) is 0. The minimum atomic E-state index is -0.790. The molecule has 3 amide bonds. The SMILES string of the molecule is CCOC(=O)c1ccc(NC(=O)Cn2c3c(sc2=O)C(c2cccc(Br)c2)C2C(=O)N(c4ccc(Br)cc4)C(=O)C2S3)cc1. The Morgan fingerprint density at radius 1 is 0.932 bits per heavy atom. The van der Waals surface area contributed by atoms with Gasteiger partial charge in [0.05, 0.1) is 28.8 Å². The molecule has 1 saturated heterocycles. The second-order valence-corrected chi connectivity index (χ2v) is 14.0. The number of anilines is 2. The molecule has 4 aromatic rings. The van der Waals surface area contributed by atoms with Crippen molar-refractivity contribution < 1.29 is 23.9 Å². The first-order chi connectivity index (χ1) is 21.2. The zero-order valence-electron chi connectivity index (χ0n) is 23.0. The summed E-state index contributed by atoms with van der Waals surface area (Å²) in [5.74, 6) is -2.92. The predicted molar refractivity (Wildman–Crippen MR) is 175 cm³/mol. The van der Waals surface area contributed by atoms with E-state index < -0.39 is 29.0 Å². The molecule has 0 spiro atoms. The van der Waals surface area contributed by atoms with Gasteiger partial charge in [-0.15, -0.1) is 0 Å². The lowest BCUT2D eigenvalue weighted by Gasteiger charge is -2.30. The quantitative estimate of drug-likeness (QED) is 0.181. The second-order valence-electron chi connectivity index (χ2n) is 10.1. The van der Waals surface area contributed by atoms with Gasteiger partial charge in [0.15, 0.2) is 0 Å². The van der Waals surface area contributed by atoms with Crippen molar-refractivity contribution in [2.75, 3.05) is 16.8 Å². The first kappa shape index (κ1) is 30.5. The van der Waals surface area contributed by atoms with Crippen molar-refractivity contribution in [1.29, 1.82) is 0 Å². The smallest absolute Gasteiger partial charge is 0.338 e. The molecule has 0 bridgehead atoms. The number of carbonyl (C=O) groups is 4. The third-order valence-corrected chi connectivity index (χ3v) is 10.9. The van der Waals surface area contributed by atoms with Gasteiger partial charge < -0.3 is 10.1 Å². The van der Waals surface area contributed by atoms with Gasteiger partial charge in [-0.1, -0.05) is 67.1 Å². The van der Waals surface area contributed by atoms with Gasteiger partial charge in [-0.05, 0) is 73.2 Å². The Morgan fingerprint density at radius 2 is 1.66 bits per heavy atom. The Kier molecular flexibility index (Phi) is 8.64. The van der Waals surface area contributed by atoms with Crippen LogP contribution >= 0.6 is 55.0 Å². The molecule has 0 saturated carbocycles. The fraction of sp³-hybridized carbons (Fsp3) is 0.194. The number of hydrogen-bond acceptors (Lipinski definition) is 8. The van der Waals surface area contributed by atoms with Crippen molar-refractivity contribution in [2.24, 2.45) is 5.92 Å². The largest absolute Gasteiger partial charge is 0.462 e. The molecule has 2 aliphatic heterocycles. The van der Waals surface area contributed by atoms with Crippen LogP contribution in [0.25, 0.3) is 0 Å². The molecule has 224 valence electrons. The fourth-order valence-corrected chi connectivity index (χ4v) is 8.86. The Bertz CT molecular complexity index is 1860. The Morgan fingerprint density at radius 3 is 2.34 bits per heavy atom. The summed E-state index contributed by atoms with van der Waals surface area (Å²) in [6.07, 6.45) is 0. The highest BCUT2D eigenvalue weighted by Gasteiger charge is 2.56. The van der Waals surface area contributed by atoms with E-state index in [0.717, 1.165) is 37.6 Å². The molecule has 13 heteroatoms. The molecule has 3 atom stereocenters. The number of carbonyl (C=O) groups excluding carboxylic acids is 4. The average molecular weight is 757 g/mol. The number of halogens is 2. The molecule has 0 aliphatic carbocycles. The van der Waals surface area contributed by atoms with Crippen LogP contribution in [-0.2, 0) is 25.7 Å². The van der Waals surface area contributed by atoms with E-state index in [1.54, 1.807) is 55.5 Å². The van der Waals surface area contributed by atoms with Crippen molar-refractivity contribution in [3.8, 4) is 0 Å². The van der Waals surface area contributed by atoms with Gasteiger partial charge in [0.25, 0.3) is 0 Å². The van der Waals surface area contributed by atoms with Crippen molar-refractivity contribution >= 4 is 90.0 Å². The number of imide groups is 1. The fourth-order valence-electron chi connectivity index (χ4n) is 5.41. The molecular formula is C31H23Br2N3O6S2. The second kappa shape index (κ2) is 12.5. The van der Waals surface area contributed by atoms with Crippen molar-refractivity contribution in [3.63, 3.8) is 0 Å². The number of amides is 3. The minimum absolute atomic E-state index is 0.251. The number of aromatic nitrogens is 1. The zero-order valence-corrected chi connectivity index (χ0v) is 27.8. The van der Waals surface area contributed by atoms with E-state index in [1.807, 2.05) is 24.3 Å². The van der Waals surface area contributed by atoms with Crippen LogP contribution in [0.5, 0.6) is 0 Å². The highest BCUT2D eigenvalue weighted by Crippen LogP contribution is 2.54. The topological polar surface area (TPSA) is 115 Å². The highest BCUT2D eigenvalue weighted by molar-refractivity contribution is 9.10. The number of thioether (sulfide) groups is 1. The predicted octanol–water partition coefficient (Wildman–Crippen LogP) is 6.05. The van der Waals surface area contributed by atoms with E-state index in [9.17, 15) is 24.0 Å². The summed E-state index contributed by atoms with van der Waals surface area (Å²) in [5, 5.41) is 2.47. The summed E-state index contributed by atoms with van der Waals surface area (Å²) >= 11 is 9.06. The molecule has 2 aliphatic rings. The van der Waals surface area contributed by atoms with Gasteiger partial charge in [0.2, 0.25) is 17.7 Å². The van der Waals surface area contributed by atoms with Crippen LogP contribution in [0.3, 0.4) is 0 Å². The number of ether oxygens (including phenoxy) is 1. The molecular weight excluding hydrogens is 734 g/mol. The summed E-state index contributed by atoms with van der Waals surface area (Å²) in [5.41, 5.74) is 2.06. The molecule has 3 heterocycles. The molecule has 0 radical (unpaired) electrons. The van der Waals surface area contributed by atoms with E-state index >= 15 is 0 Å². The Hall–Kier alpha value is -3.52. The van der Waals surface area contributed by atoms with Crippen LogP contribution in [0.4, 0.5) is 11.4 Å². The molecule has 1 N–H and O–H groups in total. The summed E-state index contributed by atoms with van der Waals surface area (Å²) in [6.45, 7) is 1.68. The first-order valence-corrected chi connectivity index (χ1v) is 16.8. The van der Waals surface area contributed by atoms with E-state index in [0.29, 0.717) is 26.8 Å². The maximum Gasteiger partial charge on any atom is 0.338 e. The number of nitrogens with one attached hydrogen (secondary N) is 1. The van der Waals surface area contributed by atoms with Crippen LogP contribution in [0.1, 0.15) is 33.6 Å². The maximum absolute atomic E-state index is 14.0. The van der Waals surface area contributed by atoms with Gasteiger partial charge in [0.1, 0.15) is 11.8 Å². The lowest BCUT2D eigenvalue weighted by molar-refractivity contribution is -0.122. The molecule has 3 aromatic carbocycles. The summed E-state index contributed by atoms with van der Waals surface area (Å²) in [4.78, 5) is 67.8. The third kappa shape index (κ3) is 5.69. The Balaban J connectivity index is 1.33. The number of rotatable bonds is 7. The monoisotopic (exact) mass is 755 g/mol. The van der Waals surface area contributed by atoms with Gasteiger partial charge in [0, 0.05) is 25.4 Å². The summed E-state index contributed by atoms with van der Waals surface area (Å²) in [6, 6.07) is 20.7. The van der Waals surface area contributed by atoms with Crippen molar-refractivity contribution in [1.82, 2.24) is 4.57 Å². The van der Waals surface area contributed by atoms with Gasteiger partial charge in [-0.25, -0.2) is 9.69 Å². The van der Waals surface area contributed by atoms with E-state index in [2.05, 4.69) is 37.2 Å². The van der Waals surface area contributed by atoms with Gasteiger partial charge in [-0.2, -0.15) is 0 Å². The number of esters is 1. The lowest BCUT2D eigenvalue weighted by atomic mass is 9.83. The standard InChI is InChI=1S/C31H23Br2N3O6S2/c1-2-42-30(40)16-6-10-20(11-7-16)34-22(37)15-35-29-26(44-31(35)41)23(17-4-3-5-19(33)14-17)24-25(43-29)28(39)36(27(24)38)21-12-8-18(32)9-13-21/h3-14,23-25H,2,15H2,1H3,(H,34,37). The van der Waals surface area contributed by atoms with E-state index in [4.69, 9.17) is 4.74 Å². The average Bonchev–Trinajstić information content (AvgIpc) is 3.44. The zero-order chi connectivity index (χ0) is 31.1. The molecule has 44 heavy (non-hydrogen) atoms. The number of hydrogen-bond donors (Lipinski definition) is 1. The molecule has 3 unspecified atom stereocenters. The number of nitrogens with zero attached hydrogens (tertiary/aromatic N) is 2. The molecule has 1 aromatic heterocycles. The van der Waals surface area contributed by atoms with Gasteiger partial charge in [-0.3, -0.25) is 23.7 Å². The van der Waals surface area contributed by atoms with E-state index in [-0.39, 0.29) is 29.8 Å². The van der Waals surface area contributed by atoms with Crippen molar-refractivity contribution in [2.45, 2.75) is 29.7 Å². The van der Waals surface area contributed by atoms with Crippen LogP contribution in [0.2, 0.25) is 0 Å². The van der Waals surface area contributed by atoms with Crippen LogP contribution in [0, 0.1) is 5.92 Å². The molecule has 9 nitrogen and oxygen atoms in total. The lowest BCUT2D eigenvalue weighted by Crippen LogP contribution is -2.33. The van der Waals surface area contributed by atoms with E-state index in [1.165, 1.54) is 9.47 Å². The first-order valence-electron chi connectivity index (χ1n) is 13.5. The number of thiazole rings is 1. The van der Waals surface area contributed by atoms with Crippen molar-refractivity contribution in [3.05, 3.63) is 107 Å². The molecule has 6 rings (SSSR count). The normalized spacial score (nSPS) is 19.0. The van der Waals surface area contributed by atoms with Crippen LogP contribution < -0.4 is 15.1 Å². The van der Waals surface area contributed by atoms with Crippen LogP contribution in [0.15, 0.2) is 91.6 Å². The van der Waals surface area contributed by atoms with Gasteiger partial charge >= 0.3 is 10.8 Å². The third-order valence-electron chi connectivity index (χ3n) is 7.32. The minimum Gasteiger partial charge on any atom is -0.462 e. The van der Waals surface area contributed by atoms with Crippen LogP contribution in [-0.4, -0.2) is 40.1 Å². The highest BCUT2D eigenvalue weighted by atomic mass is 79.9. The molecule has 1 fully saturated rings. The Labute approximate surface area is 276 Å². The maximum atomic E-state index is 14.0. The number of benzene rings is 3. The number of fused-ring (bicyclic) bond motifs is 2.